The molecule has 1 heterocycles. The fourth-order valence-corrected chi connectivity index (χ4v) is 1.31. The molecule has 0 bridgehead atoms. The Morgan fingerprint density at radius 2 is 2.13 bits per heavy atom. The van der Waals surface area contributed by atoms with E-state index in [1.807, 2.05) is 12.2 Å². The van der Waals surface area contributed by atoms with Crippen LogP contribution >= 0.6 is 0 Å². The second kappa shape index (κ2) is 4.77. The SMILES string of the molecule is C=C1C=CCN(C(=O)C(=O)N(C)C)CC1. The first kappa shape index (κ1) is 11.5. The van der Waals surface area contributed by atoms with E-state index in [-0.39, 0.29) is 0 Å². The van der Waals surface area contributed by atoms with Gasteiger partial charge in [0.05, 0.1) is 0 Å². The molecule has 0 fully saturated rings. The Bertz CT molecular complexity index is 319. The summed E-state index contributed by atoms with van der Waals surface area (Å²) < 4.78 is 0. The zero-order valence-corrected chi connectivity index (χ0v) is 9.19. The Hall–Kier alpha value is -1.58. The summed E-state index contributed by atoms with van der Waals surface area (Å²) in [5, 5.41) is 0. The number of amides is 2. The van der Waals surface area contributed by atoms with Crippen molar-refractivity contribution in [2.45, 2.75) is 6.42 Å². The van der Waals surface area contributed by atoms with Crippen molar-refractivity contribution in [2.24, 2.45) is 0 Å². The van der Waals surface area contributed by atoms with Gasteiger partial charge in [0.15, 0.2) is 0 Å². The van der Waals surface area contributed by atoms with Gasteiger partial charge in [-0.25, -0.2) is 0 Å². The second-order valence-electron chi connectivity index (χ2n) is 3.76. The van der Waals surface area contributed by atoms with Gasteiger partial charge in [-0.2, -0.15) is 0 Å². The van der Waals surface area contributed by atoms with Crippen molar-refractivity contribution < 1.29 is 9.59 Å². The average Bonchev–Trinajstić information content (AvgIpc) is 2.40. The molecule has 0 unspecified atom stereocenters. The molecule has 0 aromatic rings. The minimum Gasteiger partial charge on any atom is -0.341 e. The van der Waals surface area contributed by atoms with Gasteiger partial charge in [0.2, 0.25) is 0 Å². The fraction of sp³-hybridized carbons (Fsp3) is 0.455. The van der Waals surface area contributed by atoms with Gasteiger partial charge < -0.3 is 9.80 Å². The maximum absolute atomic E-state index is 11.7. The molecular weight excluding hydrogens is 192 g/mol. The predicted octanol–water partition coefficient (Wildman–Crippen LogP) is 0.419. The summed E-state index contributed by atoms with van der Waals surface area (Å²) in [6.45, 7) is 4.87. The van der Waals surface area contributed by atoms with E-state index in [0.29, 0.717) is 13.1 Å². The summed E-state index contributed by atoms with van der Waals surface area (Å²) in [6, 6.07) is 0. The number of carbonyl (C=O) groups excluding carboxylic acids is 2. The highest BCUT2D eigenvalue weighted by Gasteiger charge is 2.22. The molecule has 15 heavy (non-hydrogen) atoms. The molecule has 82 valence electrons. The molecule has 1 aliphatic heterocycles. The van der Waals surface area contributed by atoms with Gasteiger partial charge in [0, 0.05) is 27.2 Å². The van der Waals surface area contributed by atoms with Crippen molar-refractivity contribution in [3.8, 4) is 0 Å². The van der Waals surface area contributed by atoms with Gasteiger partial charge in [-0.3, -0.25) is 9.59 Å². The van der Waals surface area contributed by atoms with E-state index in [4.69, 9.17) is 0 Å². The van der Waals surface area contributed by atoms with Crippen molar-refractivity contribution >= 4 is 11.8 Å². The summed E-state index contributed by atoms with van der Waals surface area (Å²) in [7, 11) is 3.15. The first-order valence-electron chi connectivity index (χ1n) is 4.87. The number of likely N-dealkylation sites (N-methyl/N-ethyl adjacent to an activating group) is 1. The Balaban J connectivity index is 2.65. The van der Waals surface area contributed by atoms with Crippen LogP contribution in [0.5, 0.6) is 0 Å². The van der Waals surface area contributed by atoms with E-state index in [0.717, 1.165) is 12.0 Å². The van der Waals surface area contributed by atoms with Crippen molar-refractivity contribution in [3.63, 3.8) is 0 Å². The van der Waals surface area contributed by atoms with Crippen LogP contribution in [0.2, 0.25) is 0 Å². The van der Waals surface area contributed by atoms with Gasteiger partial charge in [-0.1, -0.05) is 24.3 Å². The van der Waals surface area contributed by atoms with Gasteiger partial charge in [-0.05, 0) is 6.42 Å². The summed E-state index contributed by atoms with van der Waals surface area (Å²) in [5.41, 5.74) is 0.989. The lowest BCUT2D eigenvalue weighted by Crippen LogP contribution is -2.42. The smallest absolute Gasteiger partial charge is 0.312 e. The molecular formula is C11H16N2O2. The lowest BCUT2D eigenvalue weighted by Gasteiger charge is -2.20. The molecule has 0 aliphatic carbocycles. The molecule has 0 N–H and O–H groups in total. The highest BCUT2D eigenvalue weighted by Crippen LogP contribution is 2.08. The van der Waals surface area contributed by atoms with Crippen LogP contribution in [-0.4, -0.2) is 48.8 Å². The fourth-order valence-electron chi connectivity index (χ4n) is 1.31. The molecule has 1 aliphatic rings. The number of rotatable bonds is 0. The standard InChI is InChI=1S/C11H16N2O2/c1-9-5-4-7-13(8-6-9)11(15)10(14)12(2)3/h4-5H,1,6-8H2,2-3H3. The second-order valence-corrected chi connectivity index (χ2v) is 3.76. The Labute approximate surface area is 89.8 Å². The van der Waals surface area contributed by atoms with Gasteiger partial charge in [0.1, 0.15) is 0 Å². The first-order chi connectivity index (χ1) is 7.02. The third kappa shape index (κ3) is 2.94. The number of carbonyl (C=O) groups is 2. The number of hydrogen-bond acceptors (Lipinski definition) is 2. The van der Waals surface area contributed by atoms with Crippen LogP contribution in [0.3, 0.4) is 0 Å². The zero-order chi connectivity index (χ0) is 11.4. The molecule has 1 rings (SSSR count). The zero-order valence-electron chi connectivity index (χ0n) is 9.19. The van der Waals surface area contributed by atoms with Crippen LogP contribution in [0.1, 0.15) is 6.42 Å². The van der Waals surface area contributed by atoms with E-state index < -0.39 is 11.8 Å². The lowest BCUT2D eigenvalue weighted by atomic mass is 10.2. The Morgan fingerprint density at radius 3 is 2.73 bits per heavy atom. The van der Waals surface area contributed by atoms with E-state index in [9.17, 15) is 9.59 Å². The molecule has 0 spiro atoms. The molecule has 0 radical (unpaired) electrons. The van der Waals surface area contributed by atoms with Crippen molar-refractivity contribution in [2.75, 3.05) is 27.2 Å². The highest BCUT2D eigenvalue weighted by atomic mass is 16.2. The van der Waals surface area contributed by atoms with Crippen LogP contribution in [-0.2, 0) is 9.59 Å². The summed E-state index contributed by atoms with van der Waals surface area (Å²) in [5.74, 6) is -0.921. The molecule has 4 heteroatoms. The molecule has 4 nitrogen and oxygen atoms in total. The lowest BCUT2D eigenvalue weighted by molar-refractivity contribution is -0.149. The Morgan fingerprint density at radius 1 is 1.47 bits per heavy atom. The third-order valence-electron chi connectivity index (χ3n) is 2.26. The minimum atomic E-state index is -0.476. The largest absolute Gasteiger partial charge is 0.341 e. The molecule has 0 aromatic heterocycles. The maximum Gasteiger partial charge on any atom is 0.312 e. The number of allylic oxidation sites excluding steroid dienone is 1. The van der Waals surface area contributed by atoms with E-state index in [2.05, 4.69) is 6.58 Å². The highest BCUT2D eigenvalue weighted by molar-refractivity contribution is 6.34. The third-order valence-corrected chi connectivity index (χ3v) is 2.26. The van der Waals surface area contributed by atoms with E-state index >= 15 is 0 Å². The molecule has 0 saturated heterocycles. The van der Waals surface area contributed by atoms with Gasteiger partial charge in [-0.15, -0.1) is 0 Å². The monoisotopic (exact) mass is 208 g/mol. The Kier molecular flexibility index (Phi) is 3.66. The van der Waals surface area contributed by atoms with Crippen molar-refractivity contribution in [1.29, 1.82) is 0 Å². The minimum absolute atomic E-state index is 0.445. The summed E-state index contributed by atoms with van der Waals surface area (Å²) in [6.07, 6.45) is 4.48. The van der Waals surface area contributed by atoms with Crippen molar-refractivity contribution in [3.05, 3.63) is 24.3 Å². The summed E-state index contributed by atoms with van der Waals surface area (Å²) in [4.78, 5) is 25.9. The number of hydrogen-bond donors (Lipinski definition) is 0. The molecule has 0 saturated carbocycles. The quantitative estimate of drug-likeness (QED) is 0.541. The van der Waals surface area contributed by atoms with Crippen LogP contribution < -0.4 is 0 Å². The maximum atomic E-state index is 11.7. The molecule has 2 amide bonds. The molecule has 0 atom stereocenters. The first-order valence-corrected chi connectivity index (χ1v) is 4.87. The molecule has 0 aromatic carbocycles. The topological polar surface area (TPSA) is 40.6 Å². The van der Waals surface area contributed by atoms with Gasteiger partial charge >= 0.3 is 11.8 Å². The predicted molar refractivity (Wildman–Crippen MR) is 58.2 cm³/mol. The summed E-state index contributed by atoms with van der Waals surface area (Å²) >= 11 is 0. The van der Waals surface area contributed by atoms with E-state index in [1.54, 1.807) is 14.1 Å². The van der Waals surface area contributed by atoms with Crippen LogP contribution in [0, 0.1) is 0 Å². The average molecular weight is 208 g/mol. The van der Waals surface area contributed by atoms with Gasteiger partial charge in [0.25, 0.3) is 0 Å². The normalized spacial score (nSPS) is 16.1. The van der Waals surface area contributed by atoms with Crippen LogP contribution in [0.25, 0.3) is 0 Å². The van der Waals surface area contributed by atoms with Crippen LogP contribution in [0.4, 0.5) is 0 Å². The van der Waals surface area contributed by atoms with E-state index in [1.165, 1.54) is 9.80 Å². The number of nitrogens with zero attached hydrogens (tertiary/aromatic N) is 2. The van der Waals surface area contributed by atoms with Crippen LogP contribution in [0.15, 0.2) is 24.3 Å². The van der Waals surface area contributed by atoms with Crippen molar-refractivity contribution in [1.82, 2.24) is 9.80 Å².